The highest BCUT2D eigenvalue weighted by Crippen LogP contribution is 2.32. The van der Waals surface area contributed by atoms with Crippen molar-refractivity contribution in [1.82, 2.24) is 15.2 Å². The first-order chi connectivity index (χ1) is 15.2. The third-order valence-electron chi connectivity index (χ3n) is 5.47. The monoisotopic (exact) mass is 419 g/mol. The fourth-order valence-electron chi connectivity index (χ4n) is 3.87. The van der Waals surface area contributed by atoms with E-state index in [1.54, 1.807) is 12.1 Å². The topological polar surface area (TPSA) is 93.9 Å². The molecule has 8 heteroatoms. The molecule has 2 amide bonds. The number of hydrogen-bond donors (Lipinski definition) is 1. The van der Waals surface area contributed by atoms with Crippen LogP contribution in [-0.2, 0) is 6.54 Å². The van der Waals surface area contributed by atoms with Gasteiger partial charge in [0.05, 0.1) is 5.56 Å². The van der Waals surface area contributed by atoms with Crippen LogP contribution in [0.2, 0.25) is 0 Å². The van der Waals surface area contributed by atoms with Crippen LogP contribution in [0.1, 0.15) is 39.3 Å². The Morgan fingerprint density at radius 2 is 1.84 bits per heavy atom. The number of nitrogens with zero attached hydrogens (tertiary/aromatic N) is 2. The van der Waals surface area contributed by atoms with Crippen LogP contribution in [-0.4, -0.2) is 41.6 Å². The lowest BCUT2D eigenvalue weighted by molar-refractivity contribution is 0.0792. The second-order valence-electron chi connectivity index (χ2n) is 7.45. The molecule has 0 bridgehead atoms. The molecule has 0 atom stereocenters. The highest BCUT2D eigenvalue weighted by molar-refractivity contribution is 6.04. The van der Waals surface area contributed by atoms with Gasteiger partial charge in [-0.25, -0.2) is 4.98 Å². The molecule has 1 aromatic heterocycles. The molecule has 1 saturated heterocycles. The summed E-state index contributed by atoms with van der Waals surface area (Å²) in [6.45, 7) is 1.97. The van der Waals surface area contributed by atoms with Crippen LogP contribution < -0.4 is 14.8 Å². The van der Waals surface area contributed by atoms with Gasteiger partial charge in [-0.2, -0.15) is 0 Å². The quantitative estimate of drug-likeness (QED) is 0.682. The molecule has 2 aliphatic rings. The molecule has 0 saturated carbocycles. The molecular weight excluding hydrogens is 398 g/mol. The SMILES string of the molecule is O=C(NCc1ccc2c(c1)OCO2)c1ncoc1-c1ccccc1C(=O)N1CCCC1. The lowest BCUT2D eigenvalue weighted by Gasteiger charge is -2.17. The summed E-state index contributed by atoms with van der Waals surface area (Å²) in [5.41, 5.74) is 2.07. The number of carbonyl (C=O) groups is 2. The Balaban J connectivity index is 1.36. The molecule has 31 heavy (non-hydrogen) atoms. The fourth-order valence-corrected chi connectivity index (χ4v) is 3.87. The van der Waals surface area contributed by atoms with Gasteiger partial charge in [0, 0.05) is 25.2 Å². The Morgan fingerprint density at radius 3 is 2.71 bits per heavy atom. The molecule has 3 aromatic rings. The number of hydrogen-bond acceptors (Lipinski definition) is 6. The van der Waals surface area contributed by atoms with Gasteiger partial charge in [-0.3, -0.25) is 9.59 Å². The molecule has 8 nitrogen and oxygen atoms in total. The zero-order chi connectivity index (χ0) is 21.2. The van der Waals surface area contributed by atoms with Gasteiger partial charge < -0.3 is 24.1 Å². The van der Waals surface area contributed by atoms with Gasteiger partial charge in [0.1, 0.15) is 0 Å². The number of fused-ring (bicyclic) bond motifs is 1. The minimum Gasteiger partial charge on any atom is -0.454 e. The first kappa shape index (κ1) is 19.2. The van der Waals surface area contributed by atoms with E-state index in [9.17, 15) is 9.59 Å². The highest BCUT2D eigenvalue weighted by atomic mass is 16.7. The fraction of sp³-hybridized carbons (Fsp3) is 0.261. The highest BCUT2D eigenvalue weighted by Gasteiger charge is 2.26. The van der Waals surface area contributed by atoms with E-state index >= 15 is 0 Å². The molecular formula is C23H21N3O5. The molecule has 0 unspecified atom stereocenters. The summed E-state index contributed by atoms with van der Waals surface area (Å²) >= 11 is 0. The van der Waals surface area contributed by atoms with Crippen molar-refractivity contribution in [2.24, 2.45) is 0 Å². The Labute approximate surface area is 178 Å². The lowest BCUT2D eigenvalue weighted by Crippen LogP contribution is -2.28. The summed E-state index contributed by atoms with van der Waals surface area (Å²) < 4.78 is 16.2. The van der Waals surface area contributed by atoms with Gasteiger partial charge in [0.25, 0.3) is 11.8 Å². The normalized spacial score (nSPS) is 14.6. The van der Waals surface area contributed by atoms with E-state index in [-0.39, 0.29) is 36.6 Å². The van der Waals surface area contributed by atoms with E-state index in [4.69, 9.17) is 13.9 Å². The Kier molecular flexibility index (Phi) is 5.03. The van der Waals surface area contributed by atoms with Gasteiger partial charge in [-0.15, -0.1) is 0 Å². The molecule has 2 aromatic carbocycles. The second kappa shape index (κ2) is 8.14. The van der Waals surface area contributed by atoms with Crippen LogP contribution >= 0.6 is 0 Å². The maximum Gasteiger partial charge on any atom is 0.274 e. The van der Waals surface area contributed by atoms with Crippen molar-refractivity contribution in [2.45, 2.75) is 19.4 Å². The third kappa shape index (κ3) is 3.72. The minimum atomic E-state index is -0.384. The Morgan fingerprint density at radius 1 is 1.03 bits per heavy atom. The largest absolute Gasteiger partial charge is 0.454 e. The molecule has 1 fully saturated rings. The summed E-state index contributed by atoms with van der Waals surface area (Å²) in [7, 11) is 0. The molecule has 5 rings (SSSR count). The predicted octanol–water partition coefficient (Wildman–Crippen LogP) is 3.24. The van der Waals surface area contributed by atoms with E-state index < -0.39 is 0 Å². The number of oxazole rings is 1. The minimum absolute atomic E-state index is 0.0591. The number of aromatic nitrogens is 1. The number of likely N-dealkylation sites (tertiary alicyclic amines) is 1. The summed E-state index contributed by atoms with van der Waals surface area (Å²) in [6.07, 6.45) is 3.23. The molecule has 158 valence electrons. The Hall–Kier alpha value is -3.81. The molecule has 0 aliphatic carbocycles. The number of benzene rings is 2. The first-order valence-corrected chi connectivity index (χ1v) is 10.2. The summed E-state index contributed by atoms with van der Waals surface area (Å²) in [4.78, 5) is 31.8. The van der Waals surface area contributed by atoms with Crippen LogP contribution in [0, 0.1) is 0 Å². The van der Waals surface area contributed by atoms with Crippen molar-refractivity contribution in [2.75, 3.05) is 19.9 Å². The lowest BCUT2D eigenvalue weighted by atomic mass is 10.0. The number of nitrogens with one attached hydrogen (secondary N) is 1. The Bertz CT molecular complexity index is 1130. The van der Waals surface area contributed by atoms with Crippen molar-refractivity contribution >= 4 is 11.8 Å². The first-order valence-electron chi connectivity index (χ1n) is 10.2. The van der Waals surface area contributed by atoms with Gasteiger partial charge in [0.2, 0.25) is 6.79 Å². The number of ether oxygens (including phenoxy) is 2. The van der Waals surface area contributed by atoms with Gasteiger partial charge >= 0.3 is 0 Å². The van der Waals surface area contributed by atoms with Crippen molar-refractivity contribution in [3.8, 4) is 22.8 Å². The van der Waals surface area contributed by atoms with E-state index in [0.717, 1.165) is 31.5 Å². The van der Waals surface area contributed by atoms with Crippen molar-refractivity contribution in [3.63, 3.8) is 0 Å². The summed E-state index contributed by atoms with van der Waals surface area (Å²) in [5.74, 6) is 1.18. The molecule has 3 heterocycles. The molecule has 0 radical (unpaired) electrons. The van der Waals surface area contributed by atoms with E-state index in [0.29, 0.717) is 22.6 Å². The molecule has 0 spiro atoms. The predicted molar refractivity (Wildman–Crippen MR) is 111 cm³/mol. The average molecular weight is 419 g/mol. The van der Waals surface area contributed by atoms with E-state index in [1.165, 1.54) is 6.39 Å². The van der Waals surface area contributed by atoms with E-state index in [1.807, 2.05) is 35.2 Å². The van der Waals surface area contributed by atoms with Crippen LogP contribution in [0.25, 0.3) is 11.3 Å². The van der Waals surface area contributed by atoms with Crippen molar-refractivity contribution in [3.05, 3.63) is 65.7 Å². The number of amides is 2. The molecule has 1 N–H and O–H groups in total. The average Bonchev–Trinajstić information content (AvgIpc) is 3.57. The smallest absolute Gasteiger partial charge is 0.274 e. The maximum atomic E-state index is 13.0. The summed E-state index contributed by atoms with van der Waals surface area (Å²) in [5, 5.41) is 2.85. The van der Waals surface area contributed by atoms with Crippen molar-refractivity contribution < 1.29 is 23.5 Å². The van der Waals surface area contributed by atoms with Crippen LogP contribution in [0.3, 0.4) is 0 Å². The standard InChI is InChI=1S/C23H21N3O5/c27-22(24-12-15-7-8-18-19(11-15)31-14-30-18)20-21(29-13-25-20)16-5-1-2-6-17(16)23(28)26-9-3-4-10-26/h1-2,5-8,11,13H,3-4,9-10,12,14H2,(H,24,27). The van der Waals surface area contributed by atoms with Crippen molar-refractivity contribution in [1.29, 1.82) is 0 Å². The van der Waals surface area contributed by atoms with E-state index in [2.05, 4.69) is 10.3 Å². The molecule has 2 aliphatic heterocycles. The van der Waals surface area contributed by atoms with Gasteiger partial charge in [0.15, 0.2) is 29.3 Å². The number of rotatable bonds is 5. The maximum absolute atomic E-state index is 13.0. The summed E-state index contributed by atoms with van der Waals surface area (Å²) in [6, 6.07) is 12.7. The van der Waals surface area contributed by atoms with Crippen LogP contribution in [0.5, 0.6) is 11.5 Å². The van der Waals surface area contributed by atoms with Crippen LogP contribution in [0.15, 0.2) is 53.3 Å². The zero-order valence-electron chi connectivity index (χ0n) is 16.8. The second-order valence-corrected chi connectivity index (χ2v) is 7.45. The van der Waals surface area contributed by atoms with Crippen LogP contribution in [0.4, 0.5) is 0 Å². The third-order valence-corrected chi connectivity index (χ3v) is 5.47. The van der Waals surface area contributed by atoms with Gasteiger partial charge in [-0.05, 0) is 36.6 Å². The zero-order valence-corrected chi connectivity index (χ0v) is 16.8. The van der Waals surface area contributed by atoms with Gasteiger partial charge in [-0.1, -0.05) is 24.3 Å². The number of carbonyl (C=O) groups excluding carboxylic acids is 2.